The minimum atomic E-state index is -3.08. The quantitative estimate of drug-likeness (QED) is 0.679. The summed E-state index contributed by atoms with van der Waals surface area (Å²) < 4.78 is 36.1. The predicted octanol–water partition coefficient (Wildman–Crippen LogP) is 4.26. The Kier molecular flexibility index (Phi) is 4.72. The van der Waals surface area contributed by atoms with Crippen molar-refractivity contribution in [2.45, 2.75) is 82.7 Å². The molecule has 2 unspecified atom stereocenters. The molecule has 6 heteroatoms. The first-order valence-corrected chi connectivity index (χ1v) is 10.1. The number of rotatable bonds is 5. The Labute approximate surface area is 153 Å². The largest absolute Gasteiger partial charge is 0.461 e. The van der Waals surface area contributed by atoms with Crippen LogP contribution in [0.25, 0.3) is 0 Å². The first-order valence-electron chi connectivity index (χ1n) is 10.1. The molecule has 4 nitrogen and oxygen atoms in total. The lowest BCUT2D eigenvalue weighted by Crippen LogP contribution is -2.59. The number of carbonyl (C=O) groups is 2. The predicted molar refractivity (Wildman–Crippen MR) is 89.5 cm³/mol. The fourth-order valence-corrected chi connectivity index (χ4v) is 6.58. The molecule has 0 aliphatic heterocycles. The monoisotopic (exact) mass is 370 g/mol. The van der Waals surface area contributed by atoms with E-state index in [1.54, 1.807) is 0 Å². The van der Waals surface area contributed by atoms with Gasteiger partial charge in [0.05, 0.1) is 12.5 Å². The van der Waals surface area contributed by atoms with Gasteiger partial charge in [-0.15, -0.1) is 0 Å². The molecule has 5 fully saturated rings. The molecule has 0 spiro atoms. The zero-order valence-corrected chi connectivity index (χ0v) is 15.2. The standard InChI is InChI=1S/C20H28F2O4/c21-16(22)18(24)25-12-19-7-13-6-14(8-19)10-20(9-13,11-19)26-17(23)15-4-2-1-3-5-15/h13-16H,1-12H2. The lowest BCUT2D eigenvalue weighted by atomic mass is 9.48. The van der Waals surface area contributed by atoms with E-state index in [-0.39, 0.29) is 23.9 Å². The number of alkyl halides is 2. The van der Waals surface area contributed by atoms with Gasteiger partial charge in [-0.25, -0.2) is 4.79 Å². The SMILES string of the molecule is O=C(OCC12CC3CC(C1)CC(OC(=O)C1CCCCC1)(C3)C2)C(F)F. The van der Waals surface area contributed by atoms with E-state index in [9.17, 15) is 18.4 Å². The average molecular weight is 370 g/mol. The Morgan fingerprint density at radius 1 is 1.00 bits per heavy atom. The molecule has 0 aromatic rings. The molecule has 5 aliphatic rings. The van der Waals surface area contributed by atoms with Crippen molar-refractivity contribution < 1.29 is 27.8 Å². The fourth-order valence-electron chi connectivity index (χ4n) is 6.58. The van der Waals surface area contributed by atoms with Crippen molar-refractivity contribution in [3.8, 4) is 0 Å². The Morgan fingerprint density at radius 2 is 1.65 bits per heavy atom. The summed E-state index contributed by atoms with van der Waals surface area (Å²) in [5.41, 5.74) is -0.753. The highest BCUT2D eigenvalue weighted by Gasteiger charge is 2.60. The molecule has 0 N–H and O–H groups in total. The van der Waals surface area contributed by atoms with Gasteiger partial charge in [0.1, 0.15) is 5.60 Å². The first-order chi connectivity index (χ1) is 12.4. The van der Waals surface area contributed by atoms with E-state index in [1.807, 2.05) is 0 Å². The highest BCUT2D eigenvalue weighted by Crippen LogP contribution is 2.63. The number of carbonyl (C=O) groups excluding carboxylic acids is 2. The Hall–Kier alpha value is -1.20. The summed E-state index contributed by atoms with van der Waals surface area (Å²) in [6.45, 7) is 0.0336. The summed E-state index contributed by atoms with van der Waals surface area (Å²) in [5.74, 6) is -0.592. The van der Waals surface area contributed by atoms with Gasteiger partial charge in [0, 0.05) is 5.41 Å². The van der Waals surface area contributed by atoms with E-state index in [0.29, 0.717) is 18.3 Å². The molecular weight excluding hydrogens is 342 g/mol. The molecule has 26 heavy (non-hydrogen) atoms. The van der Waals surface area contributed by atoms with E-state index in [4.69, 9.17) is 9.47 Å². The molecule has 0 amide bonds. The minimum absolute atomic E-state index is 0.0179. The third-order valence-corrected chi connectivity index (χ3v) is 7.08. The van der Waals surface area contributed by atoms with Gasteiger partial charge in [0.25, 0.3) is 0 Å². The van der Waals surface area contributed by atoms with Crippen molar-refractivity contribution in [2.24, 2.45) is 23.2 Å². The zero-order valence-electron chi connectivity index (χ0n) is 15.2. The third-order valence-electron chi connectivity index (χ3n) is 7.08. The van der Waals surface area contributed by atoms with Gasteiger partial charge in [-0.3, -0.25) is 4.79 Å². The first kappa shape index (κ1) is 18.2. The maximum atomic E-state index is 12.7. The molecule has 0 saturated heterocycles. The van der Waals surface area contributed by atoms with Crippen LogP contribution in [0.4, 0.5) is 8.78 Å². The maximum absolute atomic E-state index is 12.7. The molecule has 0 heterocycles. The number of ether oxygens (including phenoxy) is 2. The van der Waals surface area contributed by atoms with Crippen LogP contribution in [0.15, 0.2) is 0 Å². The van der Waals surface area contributed by atoms with Crippen molar-refractivity contribution in [1.82, 2.24) is 0 Å². The van der Waals surface area contributed by atoms with Crippen LogP contribution < -0.4 is 0 Å². The van der Waals surface area contributed by atoms with Crippen LogP contribution in [0, 0.1) is 23.2 Å². The van der Waals surface area contributed by atoms with Crippen LogP contribution in [0.3, 0.4) is 0 Å². The summed E-state index contributed by atoms with van der Waals surface area (Å²) >= 11 is 0. The van der Waals surface area contributed by atoms with Crippen molar-refractivity contribution in [1.29, 1.82) is 0 Å². The van der Waals surface area contributed by atoms with Gasteiger partial charge in [0.15, 0.2) is 0 Å². The molecule has 0 aromatic heterocycles. The van der Waals surface area contributed by atoms with Crippen molar-refractivity contribution in [3.05, 3.63) is 0 Å². The molecular formula is C20H28F2O4. The van der Waals surface area contributed by atoms with Crippen LogP contribution >= 0.6 is 0 Å². The van der Waals surface area contributed by atoms with Crippen LogP contribution in [-0.2, 0) is 19.1 Å². The van der Waals surface area contributed by atoms with Crippen LogP contribution in [0.1, 0.15) is 70.6 Å². The van der Waals surface area contributed by atoms with Crippen molar-refractivity contribution >= 4 is 11.9 Å². The summed E-state index contributed by atoms with van der Waals surface area (Å²) in [4.78, 5) is 24.0. The molecule has 0 aromatic carbocycles. The Bertz CT molecular complexity index is 556. The average Bonchev–Trinajstić information content (AvgIpc) is 2.59. The van der Waals surface area contributed by atoms with Gasteiger partial charge in [0.2, 0.25) is 0 Å². The molecule has 2 atom stereocenters. The molecule has 146 valence electrons. The minimum Gasteiger partial charge on any atom is -0.461 e. The summed E-state index contributed by atoms with van der Waals surface area (Å²) in [6.07, 6.45) is 7.44. The van der Waals surface area contributed by atoms with E-state index in [0.717, 1.165) is 57.8 Å². The van der Waals surface area contributed by atoms with Crippen molar-refractivity contribution in [3.63, 3.8) is 0 Å². The fraction of sp³-hybridized carbons (Fsp3) is 0.900. The van der Waals surface area contributed by atoms with E-state index >= 15 is 0 Å². The summed E-state index contributed by atoms with van der Waals surface area (Å²) in [7, 11) is 0. The van der Waals surface area contributed by atoms with Gasteiger partial charge in [-0.1, -0.05) is 19.3 Å². The highest BCUT2D eigenvalue weighted by molar-refractivity contribution is 5.73. The second-order valence-corrected chi connectivity index (χ2v) is 9.31. The van der Waals surface area contributed by atoms with E-state index < -0.39 is 18.0 Å². The van der Waals surface area contributed by atoms with Crippen LogP contribution in [0.2, 0.25) is 0 Å². The number of esters is 2. The van der Waals surface area contributed by atoms with E-state index in [1.165, 1.54) is 6.42 Å². The Balaban J connectivity index is 1.45. The maximum Gasteiger partial charge on any atom is 0.373 e. The van der Waals surface area contributed by atoms with Gasteiger partial charge < -0.3 is 9.47 Å². The third kappa shape index (κ3) is 3.48. The number of hydrogen-bond acceptors (Lipinski definition) is 4. The Morgan fingerprint density at radius 3 is 2.27 bits per heavy atom. The topological polar surface area (TPSA) is 52.6 Å². The molecule has 5 rings (SSSR count). The molecule has 4 bridgehead atoms. The number of hydrogen-bond donors (Lipinski definition) is 0. The smallest absolute Gasteiger partial charge is 0.373 e. The second-order valence-electron chi connectivity index (χ2n) is 9.31. The normalized spacial score (nSPS) is 39.2. The molecule has 5 saturated carbocycles. The molecule has 0 radical (unpaired) electrons. The van der Waals surface area contributed by atoms with E-state index in [2.05, 4.69) is 0 Å². The summed E-state index contributed by atoms with van der Waals surface area (Å²) in [5, 5.41) is 0. The van der Waals surface area contributed by atoms with Gasteiger partial charge >= 0.3 is 18.4 Å². The second kappa shape index (κ2) is 6.75. The lowest BCUT2D eigenvalue weighted by Gasteiger charge is -2.61. The number of halogens is 2. The van der Waals surface area contributed by atoms with Crippen molar-refractivity contribution in [2.75, 3.05) is 6.61 Å². The van der Waals surface area contributed by atoms with Gasteiger partial charge in [-0.2, -0.15) is 8.78 Å². The zero-order chi connectivity index (χ0) is 18.4. The van der Waals surface area contributed by atoms with Crippen LogP contribution in [-0.4, -0.2) is 30.6 Å². The molecule has 5 aliphatic carbocycles. The van der Waals surface area contributed by atoms with Gasteiger partial charge in [-0.05, 0) is 63.2 Å². The highest BCUT2D eigenvalue weighted by atomic mass is 19.3. The summed E-state index contributed by atoms with van der Waals surface area (Å²) in [6, 6.07) is 0. The van der Waals surface area contributed by atoms with Crippen LogP contribution in [0.5, 0.6) is 0 Å². The lowest BCUT2D eigenvalue weighted by molar-refractivity contribution is -0.215.